The fourth-order valence-electron chi connectivity index (χ4n) is 2.92. The van der Waals surface area contributed by atoms with Crippen LogP contribution in [-0.2, 0) is 4.74 Å². The number of hydrogen-bond donors (Lipinski definition) is 1. The first-order valence-corrected chi connectivity index (χ1v) is 7.79. The number of fused-ring (bicyclic) bond motifs is 1. The zero-order chi connectivity index (χ0) is 14.7. The topological polar surface area (TPSA) is 30.5 Å². The number of ether oxygens (including phenoxy) is 2. The zero-order valence-electron chi connectivity index (χ0n) is 12.8. The Kier molecular flexibility index (Phi) is 4.42. The van der Waals surface area contributed by atoms with Crippen LogP contribution in [0.1, 0.15) is 31.9 Å². The summed E-state index contributed by atoms with van der Waals surface area (Å²) in [6, 6.07) is 13.0. The second-order valence-electron chi connectivity index (χ2n) is 5.59. The summed E-state index contributed by atoms with van der Waals surface area (Å²) in [5, 5.41) is 5.89. The first-order valence-electron chi connectivity index (χ1n) is 7.79. The molecule has 3 rings (SSSR count). The van der Waals surface area contributed by atoms with Crippen LogP contribution in [0.15, 0.2) is 36.4 Å². The third kappa shape index (κ3) is 3.04. The van der Waals surface area contributed by atoms with E-state index in [2.05, 4.69) is 55.6 Å². The smallest absolute Gasteiger partial charge is 0.132 e. The van der Waals surface area contributed by atoms with E-state index < -0.39 is 0 Å². The molecule has 0 saturated carbocycles. The van der Waals surface area contributed by atoms with Gasteiger partial charge in [0.2, 0.25) is 0 Å². The maximum Gasteiger partial charge on any atom is 0.132 e. The van der Waals surface area contributed by atoms with Gasteiger partial charge in [0.05, 0.1) is 13.2 Å². The molecule has 2 unspecified atom stereocenters. The molecular weight excluding hydrogens is 262 g/mol. The summed E-state index contributed by atoms with van der Waals surface area (Å²) < 4.78 is 11.8. The lowest BCUT2D eigenvalue weighted by atomic mass is 10.0. The van der Waals surface area contributed by atoms with Gasteiger partial charge in [-0.05, 0) is 18.9 Å². The molecule has 2 aromatic rings. The molecule has 1 heterocycles. The van der Waals surface area contributed by atoms with Gasteiger partial charge < -0.3 is 14.8 Å². The molecule has 1 aliphatic heterocycles. The number of benzene rings is 2. The molecule has 3 nitrogen and oxygen atoms in total. The van der Waals surface area contributed by atoms with Crippen molar-refractivity contribution in [3.05, 3.63) is 42.0 Å². The molecule has 0 bridgehead atoms. The van der Waals surface area contributed by atoms with Crippen LogP contribution in [0, 0.1) is 0 Å². The second kappa shape index (κ2) is 6.46. The highest BCUT2D eigenvalue weighted by atomic mass is 16.5. The van der Waals surface area contributed by atoms with E-state index in [0.717, 1.165) is 25.3 Å². The quantitative estimate of drug-likeness (QED) is 0.909. The van der Waals surface area contributed by atoms with Crippen molar-refractivity contribution in [2.45, 2.75) is 32.4 Å². The Labute approximate surface area is 126 Å². The SMILES string of the molecule is CCNC(C)c1ccc2ccccc2c1OC1CCOC1. The Bertz CT molecular complexity index is 605. The van der Waals surface area contributed by atoms with Crippen LogP contribution < -0.4 is 10.1 Å². The highest BCUT2D eigenvalue weighted by Gasteiger charge is 2.21. The van der Waals surface area contributed by atoms with E-state index in [4.69, 9.17) is 9.47 Å². The molecule has 1 fully saturated rings. The lowest BCUT2D eigenvalue weighted by molar-refractivity contribution is 0.141. The van der Waals surface area contributed by atoms with Crippen LogP contribution in [0.4, 0.5) is 0 Å². The molecule has 2 aromatic carbocycles. The third-order valence-electron chi connectivity index (χ3n) is 4.06. The van der Waals surface area contributed by atoms with E-state index in [-0.39, 0.29) is 12.1 Å². The first kappa shape index (κ1) is 14.4. The Morgan fingerprint density at radius 3 is 2.90 bits per heavy atom. The van der Waals surface area contributed by atoms with Crippen LogP contribution >= 0.6 is 0 Å². The Morgan fingerprint density at radius 1 is 1.29 bits per heavy atom. The Hall–Kier alpha value is -1.58. The van der Waals surface area contributed by atoms with Crippen LogP contribution in [-0.4, -0.2) is 25.9 Å². The summed E-state index contributed by atoms with van der Waals surface area (Å²) in [6.07, 6.45) is 1.14. The average molecular weight is 285 g/mol. The summed E-state index contributed by atoms with van der Waals surface area (Å²) >= 11 is 0. The van der Waals surface area contributed by atoms with E-state index in [9.17, 15) is 0 Å². The van der Waals surface area contributed by atoms with E-state index in [0.29, 0.717) is 6.61 Å². The predicted octanol–water partition coefficient (Wildman–Crippen LogP) is 3.68. The molecule has 21 heavy (non-hydrogen) atoms. The lowest BCUT2D eigenvalue weighted by Gasteiger charge is -2.22. The van der Waals surface area contributed by atoms with Gasteiger partial charge in [0.25, 0.3) is 0 Å². The molecule has 3 heteroatoms. The summed E-state index contributed by atoms with van der Waals surface area (Å²) in [5.41, 5.74) is 1.22. The number of rotatable bonds is 5. The minimum Gasteiger partial charge on any atom is -0.487 e. The second-order valence-corrected chi connectivity index (χ2v) is 5.59. The molecule has 0 aliphatic carbocycles. The molecule has 1 aliphatic rings. The summed E-state index contributed by atoms with van der Waals surface area (Å²) in [5.74, 6) is 1.01. The molecule has 0 spiro atoms. The number of hydrogen-bond acceptors (Lipinski definition) is 3. The van der Waals surface area contributed by atoms with Crippen molar-refractivity contribution in [3.8, 4) is 5.75 Å². The van der Waals surface area contributed by atoms with Crippen molar-refractivity contribution in [2.75, 3.05) is 19.8 Å². The first-order chi connectivity index (χ1) is 10.3. The standard InChI is InChI=1S/C18H23NO2/c1-3-19-13(2)16-9-8-14-6-4-5-7-17(14)18(16)21-15-10-11-20-12-15/h4-9,13,15,19H,3,10-12H2,1-2H3. The largest absolute Gasteiger partial charge is 0.487 e. The minimum absolute atomic E-state index is 0.170. The zero-order valence-corrected chi connectivity index (χ0v) is 12.8. The Balaban J connectivity index is 2.03. The van der Waals surface area contributed by atoms with Gasteiger partial charge in [0, 0.05) is 23.4 Å². The van der Waals surface area contributed by atoms with Crippen LogP contribution in [0.3, 0.4) is 0 Å². The van der Waals surface area contributed by atoms with Crippen molar-refractivity contribution in [1.82, 2.24) is 5.32 Å². The highest BCUT2D eigenvalue weighted by molar-refractivity contribution is 5.89. The number of nitrogens with one attached hydrogen (secondary N) is 1. The van der Waals surface area contributed by atoms with Gasteiger partial charge in [-0.15, -0.1) is 0 Å². The van der Waals surface area contributed by atoms with E-state index in [1.807, 2.05) is 0 Å². The van der Waals surface area contributed by atoms with Crippen molar-refractivity contribution in [3.63, 3.8) is 0 Å². The third-order valence-corrected chi connectivity index (χ3v) is 4.06. The van der Waals surface area contributed by atoms with E-state index in [1.165, 1.54) is 16.3 Å². The summed E-state index contributed by atoms with van der Waals surface area (Å²) in [7, 11) is 0. The van der Waals surface area contributed by atoms with Crippen molar-refractivity contribution >= 4 is 10.8 Å². The van der Waals surface area contributed by atoms with Gasteiger partial charge in [-0.1, -0.05) is 43.3 Å². The molecule has 112 valence electrons. The van der Waals surface area contributed by atoms with Gasteiger partial charge in [-0.2, -0.15) is 0 Å². The average Bonchev–Trinajstić information content (AvgIpc) is 3.01. The molecule has 1 saturated heterocycles. The van der Waals surface area contributed by atoms with Gasteiger partial charge in [-0.25, -0.2) is 0 Å². The fraction of sp³-hybridized carbons (Fsp3) is 0.444. The van der Waals surface area contributed by atoms with Crippen molar-refractivity contribution in [1.29, 1.82) is 0 Å². The molecular formula is C18H23NO2. The van der Waals surface area contributed by atoms with Gasteiger partial charge in [0.15, 0.2) is 0 Å². The lowest BCUT2D eigenvalue weighted by Crippen LogP contribution is -2.21. The highest BCUT2D eigenvalue weighted by Crippen LogP contribution is 2.35. The summed E-state index contributed by atoms with van der Waals surface area (Å²) in [4.78, 5) is 0. The normalized spacial score (nSPS) is 19.8. The monoisotopic (exact) mass is 285 g/mol. The summed E-state index contributed by atoms with van der Waals surface area (Å²) in [6.45, 7) is 6.75. The van der Waals surface area contributed by atoms with Gasteiger partial charge in [-0.3, -0.25) is 0 Å². The van der Waals surface area contributed by atoms with E-state index in [1.54, 1.807) is 0 Å². The van der Waals surface area contributed by atoms with Crippen molar-refractivity contribution in [2.24, 2.45) is 0 Å². The maximum absolute atomic E-state index is 6.32. The van der Waals surface area contributed by atoms with Gasteiger partial charge in [0.1, 0.15) is 11.9 Å². The van der Waals surface area contributed by atoms with E-state index >= 15 is 0 Å². The maximum atomic E-state index is 6.32. The van der Waals surface area contributed by atoms with Crippen LogP contribution in [0.25, 0.3) is 10.8 Å². The van der Waals surface area contributed by atoms with Crippen LogP contribution in [0.5, 0.6) is 5.75 Å². The van der Waals surface area contributed by atoms with Crippen molar-refractivity contribution < 1.29 is 9.47 Å². The predicted molar refractivity (Wildman–Crippen MR) is 85.9 cm³/mol. The molecule has 0 aromatic heterocycles. The molecule has 1 N–H and O–H groups in total. The molecule has 2 atom stereocenters. The molecule has 0 radical (unpaired) electrons. The minimum atomic E-state index is 0.170. The molecule has 0 amide bonds. The van der Waals surface area contributed by atoms with Gasteiger partial charge >= 0.3 is 0 Å². The fourth-order valence-corrected chi connectivity index (χ4v) is 2.92. The Morgan fingerprint density at radius 2 is 2.14 bits per heavy atom. The van der Waals surface area contributed by atoms with Crippen LogP contribution in [0.2, 0.25) is 0 Å².